The first-order chi connectivity index (χ1) is 7.72. The van der Waals surface area contributed by atoms with Gasteiger partial charge < -0.3 is 0 Å². The van der Waals surface area contributed by atoms with Crippen LogP contribution in [0.2, 0.25) is 0 Å². The Morgan fingerprint density at radius 1 is 1.25 bits per heavy atom. The molecular formula is C14H17NS. The van der Waals surface area contributed by atoms with Crippen molar-refractivity contribution in [3.8, 4) is 11.3 Å². The summed E-state index contributed by atoms with van der Waals surface area (Å²) >= 11 is 1.71. The molecule has 0 aliphatic rings. The van der Waals surface area contributed by atoms with E-state index in [0.717, 1.165) is 5.69 Å². The highest BCUT2D eigenvalue weighted by Crippen LogP contribution is 2.26. The molecule has 16 heavy (non-hydrogen) atoms. The van der Waals surface area contributed by atoms with Gasteiger partial charge in [-0.15, -0.1) is 11.3 Å². The number of aromatic nitrogens is 1. The van der Waals surface area contributed by atoms with E-state index in [2.05, 4.69) is 44.0 Å². The normalized spacial score (nSPS) is 10.7. The first-order valence-corrected chi connectivity index (χ1v) is 6.60. The smallest absolute Gasteiger partial charge is 0.0840 e. The van der Waals surface area contributed by atoms with Crippen LogP contribution in [0.3, 0.4) is 0 Å². The number of hydrogen-bond acceptors (Lipinski definition) is 2. The minimum Gasteiger partial charge on any atom is -0.244 e. The summed E-state index contributed by atoms with van der Waals surface area (Å²) in [5.41, 5.74) is 7.14. The van der Waals surface area contributed by atoms with Gasteiger partial charge in [-0.05, 0) is 37.5 Å². The van der Waals surface area contributed by atoms with Gasteiger partial charge in [-0.3, -0.25) is 0 Å². The maximum Gasteiger partial charge on any atom is 0.0840 e. The van der Waals surface area contributed by atoms with Gasteiger partial charge in [-0.2, -0.15) is 0 Å². The van der Waals surface area contributed by atoms with Crippen LogP contribution in [0.1, 0.15) is 29.3 Å². The van der Waals surface area contributed by atoms with Crippen molar-refractivity contribution in [1.29, 1.82) is 0 Å². The van der Waals surface area contributed by atoms with E-state index in [-0.39, 0.29) is 0 Å². The Morgan fingerprint density at radius 2 is 2.06 bits per heavy atom. The first kappa shape index (κ1) is 11.3. The Bertz CT molecular complexity index is 485. The number of hydrogen-bond donors (Lipinski definition) is 0. The molecule has 0 radical (unpaired) electrons. The summed E-state index contributed by atoms with van der Waals surface area (Å²) in [7, 11) is 0. The first-order valence-electron chi connectivity index (χ1n) is 5.72. The molecule has 84 valence electrons. The molecule has 0 aliphatic heterocycles. The zero-order valence-corrected chi connectivity index (χ0v) is 10.9. The third-order valence-electron chi connectivity index (χ3n) is 2.88. The van der Waals surface area contributed by atoms with Crippen molar-refractivity contribution in [3.05, 3.63) is 39.7 Å². The molecule has 1 heterocycles. The van der Waals surface area contributed by atoms with E-state index < -0.39 is 0 Å². The Kier molecular flexibility index (Phi) is 3.39. The van der Waals surface area contributed by atoms with Crippen LogP contribution in [0.4, 0.5) is 0 Å². The number of benzene rings is 1. The van der Waals surface area contributed by atoms with E-state index >= 15 is 0 Å². The van der Waals surface area contributed by atoms with Gasteiger partial charge in [0.05, 0.1) is 11.2 Å². The van der Waals surface area contributed by atoms with E-state index in [1.165, 1.54) is 34.4 Å². The monoisotopic (exact) mass is 231 g/mol. The van der Waals surface area contributed by atoms with Crippen molar-refractivity contribution in [1.82, 2.24) is 4.98 Å². The van der Waals surface area contributed by atoms with E-state index in [4.69, 9.17) is 0 Å². The van der Waals surface area contributed by atoms with Gasteiger partial charge in [0, 0.05) is 10.4 Å². The third-order valence-corrected chi connectivity index (χ3v) is 3.64. The molecule has 1 nitrogen and oxygen atoms in total. The topological polar surface area (TPSA) is 12.9 Å². The van der Waals surface area contributed by atoms with Crippen LogP contribution in [0, 0.1) is 13.8 Å². The number of thiazole rings is 1. The Morgan fingerprint density at radius 3 is 2.62 bits per heavy atom. The second kappa shape index (κ2) is 4.79. The van der Waals surface area contributed by atoms with Crippen molar-refractivity contribution in [3.63, 3.8) is 0 Å². The molecular weight excluding hydrogens is 214 g/mol. The quantitative estimate of drug-likeness (QED) is 0.764. The second-order valence-electron chi connectivity index (χ2n) is 4.15. The lowest BCUT2D eigenvalue weighted by molar-refractivity contribution is 0.913. The summed E-state index contributed by atoms with van der Waals surface area (Å²) < 4.78 is 0. The maximum atomic E-state index is 4.42. The number of aryl methyl sites for hydroxylation is 3. The second-order valence-corrected chi connectivity index (χ2v) is 5.21. The van der Waals surface area contributed by atoms with Crippen LogP contribution in [0.25, 0.3) is 11.3 Å². The molecule has 0 bridgehead atoms. The van der Waals surface area contributed by atoms with E-state index in [1.807, 2.05) is 5.51 Å². The Hall–Kier alpha value is -1.15. The van der Waals surface area contributed by atoms with Gasteiger partial charge in [0.2, 0.25) is 0 Å². The average Bonchev–Trinajstić information content (AvgIpc) is 2.68. The lowest BCUT2D eigenvalue weighted by Crippen LogP contribution is -1.90. The zero-order chi connectivity index (χ0) is 11.5. The minimum absolute atomic E-state index is 1.14. The molecule has 0 saturated carbocycles. The molecule has 0 aliphatic carbocycles. The minimum atomic E-state index is 1.14. The molecule has 1 aromatic carbocycles. The molecule has 0 amide bonds. The molecule has 2 rings (SSSR count). The van der Waals surface area contributed by atoms with Gasteiger partial charge >= 0.3 is 0 Å². The van der Waals surface area contributed by atoms with Crippen molar-refractivity contribution < 1.29 is 0 Å². The summed E-state index contributed by atoms with van der Waals surface area (Å²) in [5.74, 6) is 0. The Labute approximate surface area is 101 Å². The average molecular weight is 231 g/mol. The van der Waals surface area contributed by atoms with Crippen LogP contribution in [-0.2, 0) is 6.42 Å². The van der Waals surface area contributed by atoms with E-state index in [0.29, 0.717) is 0 Å². The van der Waals surface area contributed by atoms with Crippen LogP contribution in [-0.4, -0.2) is 4.98 Å². The summed E-state index contributed by atoms with van der Waals surface area (Å²) in [6.07, 6.45) is 2.37. The van der Waals surface area contributed by atoms with Gasteiger partial charge in [0.25, 0.3) is 0 Å². The lowest BCUT2D eigenvalue weighted by atomic mass is 10.00. The molecule has 2 aromatic rings. The summed E-state index contributed by atoms with van der Waals surface area (Å²) in [6.45, 7) is 6.54. The number of nitrogens with zero attached hydrogens (tertiary/aromatic N) is 1. The third kappa shape index (κ3) is 2.17. The fourth-order valence-corrected chi connectivity index (χ4v) is 2.57. The van der Waals surface area contributed by atoms with E-state index in [1.54, 1.807) is 11.3 Å². The largest absolute Gasteiger partial charge is 0.244 e. The van der Waals surface area contributed by atoms with Crippen molar-refractivity contribution >= 4 is 11.3 Å². The highest BCUT2D eigenvalue weighted by Gasteiger charge is 2.06. The standard InChI is InChI=1S/C14H17NS/c1-4-5-12-6-7-13(8-10(12)2)14-11(3)16-9-15-14/h6-9H,4-5H2,1-3H3. The van der Waals surface area contributed by atoms with Crippen LogP contribution in [0.15, 0.2) is 23.7 Å². The van der Waals surface area contributed by atoms with E-state index in [9.17, 15) is 0 Å². The predicted octanol–water partition coefficient (Wildman–Crippen LogP) is 4.38. The van der Waals surface area contributed by atoms with Gasteiger partial charge in [0.1, 0.15) is 0 Å². The zero-order valence-electron chi connectivity index (χ0n) is 10.1. The predicted molar refractivity (Wildman–Crippen MR) is 71.0 cm³/mol. The summed E-state index contributed by atoms with van der Waals surface area (Å²) in [4.78, 5) is 5.72. The van der Waals surface area contributed by atoms with Crippen molar-refractivity contribution in [2.45, 2.75) is 33.6 Å². The molecule has 0 N–H and O–H groups in total. The fourth-order valence-electron chi connectivity index (χ4n) is 1.98. The van der Waals surface area contributed by atoms with Gasteiger partial charge in [0.15, 0.2) is 0 Å². The maximum absolute atomic E-state index is 4.42. The molecule has 0 unspecified atom stereocenters. The van der Waals surface area contributed by atoms with Crippen LogP contribution in [0.5, 0.6) is 0 Å². The SMILES string of the molecule is CCCc1ccc(-c2ncsc2C)cc1C. The Balaban J connectivity index is 2.38. The molecule has 0 spiro atoms. The van der Waals surface area contributed by atoms with Crippen molar-refractivity contribution in [2.24, 2.45) is 0 Å². The molecule has 0 saturated heterocycles. The fraction of sp³-hybridized carbons (Fsp3) is 0.357. The van der Waals surface area contributed by atoms with Gasteiger partial charge in [-0.1, -0.05) is 25.5 Å². The van der Waals surface area contributed by atoms with Gasteiger partial charge in [-0.25, -0.2) is 4.98 Å². The van der Waals surface area contributed by atoms with Crippen LogP contribution >= 0.6 is 11.3 Å². The summed E-state index contributed by atoms with van der Waals surface area (Å²) in [5, 5.41) is 0. The molecule has 0 atom stereocenters. The van der Waals surface area contributed by atoms with Crippen molar-refractivity contribution in [2.75, 3.05) is 0 Å². The lowest BCUT2D eigenvalue weighted by Gasteiger charge is -2.06. The number of rotatable bonds is 3. The highest BCUT2D eigenvalue weighted by molar-refractivity contribution is 7.10. The highest BCUT2D eigenvalue weighted by atomic mass is 32.1. The molecule has 1 aromatic heterocycles. The molecule has 2 heteroatoms. The van der Waals surface area contributed by atoms with Crippen LogP contribution < -0.4 is 0 Å². The molecule has 0 fully saturated rings. The summed E-state index contributed by atoms with van der Waals surface area (Å²) in [6, 6.07) is 6.69.